The number of ketones is 2. The average molecular weight is 1010 g/mol. The van der Waals surface area contributed by atoms with Crippen LogP contribution < -0.4 is 36.6 Å². The smallest absolute Gasteiger partial charge is 0.488 e. The first kappa shape index (κ1) is 51.5. The summed E-state index contributed by atoms with van der Waals surface area (Å²) in [6.07, 6.45) is -0.533. The second-order valence-corrected chi connectivity index (χ2v) is 16.3. The minimum Gasteiger partial charge on any atom is -0.497 e. The molecule has 0 aliphatic heterocycles. The maximum atomic E-state index is 12.2. The quantitative estimate of drug-likeness (QED) is 0.0699. The van der Waals surface area contributed by atoms with Gasteiger partial charge in [-0.05, 0) is 113 Å². The van der Waals surface area contributed by atoms with Gasteiger partial charge in [-0.2, -0.15) is 0 Å². The molecule has 3 N–H and O–H groups in total. The molecule has 356 valence electrons. The van der Waals surface area contributed by atoms with E-state index >= 15 is 0 Å². The molecule has 14 nitrogen and oxygen atoms in total. The number of hydrogen-bond donors (Lipinski definition) is 3. The highest BCUT2D eigenvalue weighted by Crippen LogP contribution is 2.27. The fraction of sp³-hybridized carbons (Fsp3) is 0.130. The zero-order valence-electron chi connectivity index (χ0n) is 38.7. The van der Waals surface area contributed by atoms with Crippen LogP contribution in [0.2, 0.25) is 0 Å². The standard InChI is InChI=1S/C18H16O4.C18H14O4.C10H7BrO3.C8H9BO3/c2*1-11(19)12-3-5-13(6-4-12)16-9-14-7-8-15(21-2)10-17(14)22-18(16)20;1-13-7-3-2-6-4-8(11)10(12)14-9(6)5-7;1-6(10)7-2-4-8(5-3-7)9(11)12/h3-11,19H,1-2H3;3-10H,1-2H3;2-5H,1H3;2-5,11-12H,1H3. The van der Waals surface area contributed by atoms with Crippen LogP contribution in [0.4, 0.5) is 0 Å². The molecule has 0 saturated heterocycles. The number of halogens is 1. The molecule has 0 aliphatic carbocycles. The van der Waals surface area contributed by atoms with E-state index in [0.29, 0.717) is 66.2 Å². The summed E-state index contributed by atoms with van der Waals surface area (Å²) >= 11 is 3.11. The van der Waals surface area contributed by atoms with Gasteiger partial charge in [0.05, 0.1) is 38.6 Å². The lowest BCUT2D eigenvalue weighted by atomic mass is 9.80. The third-order valence-corrected chi connectivity index (χ3v) is 11.3. The lowest BCUT2D eigenvalue weighted by molar-refractivity contribution is 0.100. The minimum atomic E-state index is -1.47. The van der Waals surface area contributed by atoms with E-state index in [2.05, 4.69) is 15.9 Å². The molecule has 9 rings (SSSR count). The molecule has 0 saturated carbocycles. The average Bonchev–Trinajstić information content (AvgIpc) is 3.36. The van der Waals surface area contributed by atoms with E-state index in [0.717, 1.165) is 32.8 Å². The monoisotopic (exact) mass is 1010 g/mol. The van der Waals surface area contributed by atoms with Crippen molar-refractivity contribution in [2.45, 2.75) is 26.9 Å². The molecule has 70 heavy (non-hydrogen) atoms. The van der Waals surface area contributed by atoms with Crippen molar-refractivity contribution in [1.29, 1.82) is 0 Å². The Labute approximate surface area is 409 Å². The molecule has 0 radical (unpaired) electrons. The number of carbonyl (C=O) groups is 2. The number of rotatable bonds is 9. The molecule has 3 aromatic heterocycles. The molecule has 9 aromatic rings. The summed E-state index contributed by atoms with van der Waals surface area (Å²) in [4.78, 5) is 57.7. The van der Waals surface area contributed by atoms with Crippen molar-refractivity contribution in [3.05, 3.63) is 198 Å². The fourth-order valence-corrected chi connectivity index (χ4v) is 7.08. The Morgan fingerprint density at radius 2 is 0.871 bits per heavy atom. The number of Topliss-reactive ketones (excluding diaryl/α,β-unsaturated/α-hetero) is 2. The lowest BCUT2D eigenvalue weighted by Crippen LogP contribution is -2.29. The summed E-state index contributed by atoms with van der Waals surface area (Å²) in [5, 5.41) is 29.5. The third-order valence-electron chi connectivity index (χ3n) is 10.7. The Bertz CT molecular complexity index is 3470. The Hall–Kier alpha value is -7.89. The van der Waals surface area contributed by atoms with E-state index in [1.54, 1.807) is 113 Å². The highest BCUT2D eigenvalue weighted by atomic mass is 79.9. The van der Waals surface area contributed by atoms with Crippen molar-refractivity contribution >= 4 is 73.0 Å². The van der Waals surface area contributed by atoms with E-state index in [1.165, 1.54) is 26.0 Å². The molecule has 1 atom stereocenters. The SMILES string of the molecule is CC(=O)c1ccc(B(O)O)cc1.COc1ccc2cc(-c3ccc(C(C)=O)cc3)c(=O)oc2c1.COc1ccc2cc(-c3ccc(C(C)O)cc3)c(=O)oc2c1.COc1ccc2cc(Br)c(=O)oc2c1. The predicted octanol–water partition coefficient (Wildman–Crippen LogP) is 9.33. The second kappa shape index (κ2) is 23.4. The maximum Gasteiger partial charge on any atom is 0.488 e. The van der Waals surface area contributed by atoms with Crippen LogP contribution in [0.25, 0.3) is 55.2 Å². The number of fused-ring (bicyclic) bond motifs is 3. The lowest BCUT2D eigenvalue weighted by Gasteiger charge is -2.07. The summed E-state index contributed by atoms with van der Waals surface area (Å²) < 4.78 is 31.5. The number of aliphatic hydroxyl groups excluding tert-OH is 1. The van der Waals surface area contributed by atoms with Gasteiger partial charge in [-0.1, -0.05) is 72.8 Å². The Morgan fingerprint density at radius 1 is 0.514 bits per heavy atom. The highest BCUT2D eigenvalue weighted by molar-refractivity contribution is 9.10. The van der Waals surface area contributed by atoms with Gasteiger partial charge in [-0.25, -0.2) is 14.4 Å². The number of carbonyl (C=O) groups excluding carboxylic acids is 2. The molecule has 0 aliphatic rings. The normalized spacial score (nSPS) is 10.9. The van der Waals surface area contributed by atoms with Gasteiger partial charge in [0.25, 0.3) is 0 Å². The fourth-order valence-electron chi connectivity index (χ4n) is 6.75. The van der Waals surface area contributed by atoms with E-state index in [9.17, 15) is 29.1 Å². The Morgan fingerprint density at radius 3 is 1.23 bits per heavy atom. The molecule has 0 amide bonds. The van der Waals surface area contributed by atoms with Crippen molar-refractivity contribution in [3.8, 4) is 39.5 Å². The molecule has 0 fully saturated rings. The molecule has 3 heterocycles. The van der Waals surface area contributed by atoms with Gasteiger partial charge in [-0.15, -0.1) is 0 Å². The van der Waals surface area contributed by atoms with Crippen LogP contribution in [0.5, 0.6) is 17.2 Å². The van der Waals surface area contributed by atoms with Gasteiger partial charge in [0.1, 0.15) is 38.5 Å². The van der Waals surface area contributed by atoms with Crippen molar-refractivity contribution < 1.29 is 52.2 Å². The van der Waals surface area contributed by atoms with Crippen LogP contribution in [-0.2, 0) is 0 Å². The summed E-state index contributed by atoms with van der Waals surface area (Å²) in [5.74, 6) is 1.90. The number of aliphatic hydroxyl groups is 1. The summed E-state index contributed by atoms with van der Waals surface area (Å²) in [5.41, 5.74) is 5.11. The van der Waals surface area contributed by atoms with Crippen LogP contribution in [0, 0.1) is 0 Å². The van der Waals surface area contributed by atoms with Gasteiger partial charge < -0.3 is 42.6 Å². The zero-order valence-corrected chi connectivity index (χ0v) is 40.3. The van der Waals surface area contributed by atoms with E-state index in [-0.39, 0.29) is 17.2 Å². The topological polar surface area (TPSA) is 213 Å². The van der Waals surface area contributed by atoms with Crippen LogP contribution in [0.3, 0.4) is 0 Å². The molecule has 6 aromatic carbocycles. The van der Waals surface area contributed by atoms with Crippen molar-refractivity contribution in [3.63, 3.8) is 0 Å². The van der Waals surface area contributed by atoms with Gasteiger partial charge >= 0.3 is 24.0 Å². The summed E-state index contributed by atoms with van der Waals surface area (Å²) in [7, 11) is 3.23. The van der Waals surface area contributed by atoms with Crippen LogP contribution >= 0.6 is 15.9 Å². The summed E-state index contributed by atoms with van der Waals surface area (Å²) in [6.45, 7) is 4.67. The molecule has 16 heteroatoms. The van der Waals surface area contributed by atoms with Crippen LogP contribution in [0.15, 0.2) is 178 Å². The van der Waals surface area contributed by atoms with E-state index in [4.69, 9.17) is 37.5 Å². The highest BCUT2D eigenvalue weighted by Gasteiger charge is 2.13. The van der Waals surface area contributed by atoms with Crippen molar-refractivity contribution in [1.82, 2.24) is 0 Å². The second-order valence-electron chi connectivity index (χ2n) is 15.5. The number of hydrogen-bond acceptors (Lipinski definition) is 14. The van der Waals surface area contributed by atoms with Crippen LogP contribution in [0.1, 0.15) is 53.2 Å². The number of benzene rings is 6. The van der Waals surface area contributed by atoms with Gasteiger partial charge in [0.15, 0.2) is 11.6 Å². The number of methoxy groups -OCH3 is 3. The van der Waals surface area contributed by atoms with Gasteiger partial charge in [0, 0.05) is 45.5 Å². The van der Waals surface area contributed by atoms with Crippen molar-refractivity contribution in [2.75, 3.05) is 21.3 Å². The van der Waals surface area contributed by atoms with E-state index < -0.39 is 24.5 Å². The van der Waals surface area contributed by atoms with E-state index in [1.807, 2.05) is 48.5 Å². The first-order valence-electron chi connectivity index (χ1n) is 21.4. The minimum absolute atomic E-state index is 0.0100. The predicted molar refractivity (Wildman–Crippen MR) is 273 cm³/mol. The van der Waals surface area contributed by atoms with Crippen LogP contribution in [-0.4, -0.2) is 55.2 Å². The van der Waals surface area contributed by atoms with Gasteiger partial charge in [-0.3, -0.25) is 9.59 Å². The largest absolute Gasteiger partial charge is 0.497 e. The molecular formula is C54H46BBrO14. The molecular weight excluding hydrogens is 963 g/mol. The number of ether oxygens (including phenoxy) is 3. The third kappa shape index (κ3) is 13.0. The Kier molecular flexibility index (Phi) is 17.2. The van der Waals surface area contributed by atoms with Gasteiger partial charge in [0.2, 0.25) is 0 Å². The summed E-state index contributed by atoms with van der Waals surface area (Å²) in [6, 6.07) is 41.6. The molecule has 1 unspecified atom stereocenters. The zero-order chi connectivity index (χ0) is 50.6. The van der Waals surface area contributed by atoms with Crippen molar-refractivity contribution in [2.24, 2.45) is 0 Å². The first-order chi connectivity index (χ1) is 33.5. The first-order valence-corrected chi connectivity index (χ1v) is 22.2. The molecule has 0 bridgehead atoms. The maximum absolute atomic E-state index is 12.2. The Balaban J connectivity index is 0.000000158. The molecule has 0 spiro atoms.